The third-order valence-corrected chi connectivity index (χ3v) is 2.43. The van der Waals surface area contributed by atoms with E-state index in [9.17, 15) is 4.79 Å². The zero-order valence-electron chi connectivity index (χ0n) is 9.90. The van der Waals surface area contributed by atoms with Crippen molar-refractivity contribution in [2.75, 3.05) is 0 Å². The topological polar surface area (TPSA) is 55.4 Å². The van der Waals surface area contributed by atoms with Crippen LogP contribution >= 0.6 is 0 Å². The van der Waals surface area contributed by atoms with Gasteiger partial charge in [-0.25, -0.2) is 0 Å². The molecule has 0 fully saturated rings. The monoisotopic (exact) mass is 233 g/mol. The van der Waals surface area contributed by atoms with Gasteiger partial charge in [0.1, 0.15) is 11.5 Å². The van der Waals surface area contributed by atoms with E-state index in [0.717, 1.165) is 11.5 Å². The van der Waals surface area contributed by atoms with Gasteiger partial charge in [-0.3, -0.25) is 4.79 Å². The summed E-state index contributed by atoms with van der Waals surface area (Å²) in [6.45, 7) is 3.74. The standard InChI is InChI=1S/C13H15NO3/c1-9(8-11-4-3-7-16-11)14-13(15)12-6-5-10(2)17-12/h3-7,9H,8H2,1-2H3,(H,14,15)/t9-/m1/s1. The lowest BCUT2D eigenvalue weighted by molar-refractivity contribution is 0.0910. The SMILES string of the molecule is Cc1ccc(C(=O)N[C@H](C)Cc2ccco2)o1. The van der Waals surface area contributed by atoms with Gasteiger partial charge in [0.2, 0.25) is 0 Å². The van der Waals surface area contributed by atoms with E-state index in [2.05, 4.69) is 5.32 Å². The molecule has 0 saturated carbocycles. The van der Waals surface area contributed by atoms with E-state index in [1.165, 1.54) is 0 Å². The summed E-state index contributed by atoms with van der Waals surface area (Å²) in [7, 11) is 0. The first-order valence-corrected chi connectivity index (χ1v) is 5.55. The first-order chi connectivity index (χ1) is 8.15. The molecule has 0 aromatic carbocycles. The number of carbonyl (C=O) groups excluding carboxylic acids is 1. The highest BCUT2D eigenvalue weighted by atomic mass is 16.3. The summed E-state index contributed by atoms with van der Waals surface area (Å²) >= 11 is 0. The maximum atomic E-state index is 11.8. The van der Waals surface area contributed by atoms with Gasteiger partial charge in [0.05, 0.1) is 6.26 Å². The molecule has 90 valence electrons. The molecule has 1 atom stereocenters. The van der Waals surface area contributed by atoms with Crippen molar-refractivity contribution in [3.8, 4) is 0 Å². The fraction of sp³-hybridized carbons (Fsp3) is 0.308. The Morgan fingerprint density at radius 1 is 1.41 bits per heavy atom. The summed E-state index contributed by atoms with van der Waals surface area (Å²) in [5.74, 6) is 1.73. The third kappa shape index (κ3) is 3.00. The third-order valence-electron chi connectivity index (χ3n) is 2.43. The van der Waals surface area contributed by atoms with Crippen molar-refractivity contribution >= 4 is 5.91 Å². The summed E-state index contributed by atoms with van der Waals surface area (Å²) in [5, 5.41) is 2.86. The van der Waals surface area contributed by atoms with E-state index in [0.29, 0.717) is 12.2 Å². The number of rotatable bonds is 4. The molecule has 2 rings (SSSR count). The second-order valence-electron chi connectivity index (χ2n) is 4.07. The first-order valence-electron chi connectivity index (χ1n) is 5.55. The summed E-state index contributed by atoms with van der Waals surface area (Å²) in [6.07, 6.45) is 2.29. The van der Waals surface area contributed by atoms with Crippen LogP contribution in [0.15, 0.2) is 39.4 Å². The Hall–Kier alpha value is -1.97. The number of amides is 1. The largest absolute Gasteiger partial charge is 0.469 e. The lowest BCUT2D eigenvalue weighted by Crippen LogP contribution is -2.33. The molecule has 2 heterocycles. The van der Waals surface area contributed by atoms with E-state index in [4.69, 9.17) is 8.83 Å². The van der Waals surface area contributed by atoms with Crippen LogP contribution in [-0.2, 0) is 6.42 Å². The van der Waals surface area contributed by atoms with Gasteiger partial charge in [0.25, 0.3) is 5.91 Å². The molecule has 2 aromatic heterocycles. The average Bonchev–Trinajstić information content (AvgIpc) is 2.89. The highest BCUT2D eigenvalue weighted by Gasteiger charge is 2.13. The van der Waals surface area contributed by atoms with Crippen molar-refractivity contribution in [3.63, 3.8) is 0 Å². The van der Waals surface area contributed by atoms with E-state index in [1.54, 1.807) is 18.4 Å². The second kappa shape index (κ2) is 4.91. The molecule has 4 heteroatoms. The fourth-order valence-electron chi connectivity index (χ4n) is 1.63. The molecule has 2 aromatic rings. The zero-order chi connectivity index (χ0) is 12.3. The van der Waals surface area contributed by atoms with Crippen LogP contribution < -0.4 is 5.32 Å². The maximum absolute atomic E-state index is 11.8. The van der Waals surface area contributed by atoms with Gasteiger partial charge >= 0.3 is 0 Å². The van der Waals surface area contributed by atoms with Gasteiger partial charge in [0, 0.05) is 12.5 Å². The van der Waals surface area contributed by atoms with Gasteiger partial charge in [-0.15, -0.1) is 0 Å². The maximum Gasteiger partial charge on any atom is 0.287 e. The van der Waals surface area contributed by atoms with Gasteiger partial charge in [0.15, 0.2) is 5.76 Å². The van der Waals surface area contributed by atoms with E-state index in [-0.39, 0.29) is 11.9 Å². The molecule has 4 nitrogen and oxygen atoms in total. The number of carbonyl (C=O) groups is 1. The Bertz CT molecular complexity index is 484. The van der Waals surface area contributed by atoms with E-state index in [1.807, 2.05) is 26.0 Å². The molecule has 0 radical (unpaired) electrons. The molecule has 0 aliphatic rings. The minimum Gasteiger partial charge on any atom is -0.469 e. The number of hydrogen-bond donors (Lipinski definition) is 1. The molecule has 0 bridgehead atoms. The number of aryl methyl sites for hydroxylation is 1. The highest BCUT2D eigenvalue weighted by molar-refractivity contribution is 5.91. The molecule has 0 aliphatic carbocycles. The van der Waals surface area contributed by atoms with Crippen molar-refractivity contribution in [3.05, 3.63) is 47.8 Å². The number of furan rings is 2. The smallest absolute Gasteiger partial charge is 0.287 e. The van der Waals surface area contributed by atoms with Crippen LogP contribution in [-0.4, -0.2) is 11.9 Å². The van der Waals surface area contributed by atoms with Crippen LogP contribution in [0, 0.1) is 6.92 Å². The van der Waals surface area contributed by atoms with E-state index >= 15 is 0 Å². The molecular weight excluding hydrogens is 218 g/mol. The van der Waals surface area contributed by atoms with Crippen molar-refractivity contribution in [1.82, 2.24) is 5.32 Å². The number of hydrogen-bond acceptors (Lipinski definition) is 3. The van der Waals surface area contributed by atoms with Crippen LogP contribution in [0.5, 0.6) is 0 Å². The lowest BCUT2D eigenvalue weighted by atomic mass is 10.2. The number of nitrogens with one attached hydrogen (secondary N) is 1. The fourth-order valence-corrected chi connectivity index (χ4v) is 1.63. The van der Waals surface area contributed by atoms with Crippen molar-refractivity contribution in [2.45, 2.75) is 26.3 Å². The molecule has 0 spiro atoms. The lowest BCUT2D eigenvalue weighted by Gasteiger charge is -2.10. The predicted octanol–water partition coefficient (Wildman–Crippen LogP) is 2.54. The molecule has 1 amide bonds. The van der Waals surface area contributed by atoms with Crippen LogP contribution in [0.2, 0.25) is 0 Å². The summed E-state index contributed by atoms with van der Waals surface area (Å²) in [5.41, 5.74) is 0. The second-order valence-corrected chi connectivity index (χ2v) is 4.07. The van der Waals surface area contributed by atoms with Gasteiger partial charge < -0.3 is 14.2 Å². The molecule has 0 unspecified atom stereocenters. The van der Waals surface area contributed by atoms with Crippen molar-refractivity contribution < 1.29 is 13.6 Å². The van der Waals surface area contributed by atoms with Gasteiger partial charge in [-0.05, 0) is 38.1 Å². The summed E-state index contributed by atoms with van der Waals surface area (Å²) in [6, 6.07) is 7.16. The zero-order valence-corrected chi connectivity index (χ0v) is 9.90. The van der Waals surface area contributed by atoms with Crippen LogP contribution in [0.25, 0.3) is 0 Å². The normalized spacial score (nSPS) is 12.4. The molecule has 0 aliphatic heterocycles. The van der Waals surface area contributed by atoms with Gasteiger partial charge in [-0.2, -0.15) is 0 Å². The highest BCUT2D eigenvalue weighted by Crippen LogP contribution is 2.08. The Morgan fingerprint density at radius 2 is 2.24 bits per heavy atom. The van der Waals surface area contributed by atoms with Crippen molar-refractivity contribution in [2.24, 2.45) is 0 Å². The van der Waals surface area contributed by atoms with E-state index < -0.39 is 0 Å². The Morgan fingerprint density at radius 3 is 2.82 bits per heavy atom. The molecular formula is C13H15NO3. The molecule has 1 N–H and O–H groups in total. The van der Waals surface area contributed by atoms with Gasteiger partial charge in [-0.1, -0.05) is 0 Å². The van der Waals surface area contributed by atoms with Crippen molar-refractivity contribution in [1.29, 1.82) is 0 Å². The average molecular weight is 233 g/mol. The quantitative estimate of drug-likeness (QED) is 0.882. The van der Waals surface area contributed by atoms with Crippen LogP contribution in [0.4, 0.5) is 0 Å². The minimum atomic E-state index is -0.197. The Labute approximate surface area is 99.6 Å². The molecule has 17 heavy (non-hydrogen) atoms. The predicted molar refractivity (Wildman–Crippen MR) is 62.8 cm³/mol. The Kier molecular flexibility index (Phi) is 3.32. The molecule has 0 saturated heterocycles. The summed E-state index contributed by atoms with van der Waals surface area (Å²) in [4.78, 5) is 11.8. The van der Waals surface area contributed by atoms with Crippen LogP contribution in [0.1, 0.15) is 29.0 Å². The minimum absolute atomic E-state index is 0.000874. The van der Waals surface area contributed by atoms with Crippen LogP contribution in [0.3, 0.4) is 0 Å². The first kappa shape index (κ1) is 11.5. The Balaban J connectivity index is 1.90. The summed E-state index contributed by atoms with van der Waals surface area (Å²) < 4.78 is 10.5.